The fraction of sp³-hybridized carbons (Fsp3) is 0.586. The molecule has 38 heavy (non-hydrogen) atoms. The van der Waals surface area contributed by atoms with Gasteiger partial charge in [0.1, 0.15) is 0 Å². The van der Waals surface area contributed by atoms with Crippen molar-refractivity contribution in [1.29, 1.82) is 0 Å². The van der Waals surface area contributed by atoms with Crippen molar-refractivity contribution in [2.24, 2.45) is 11.3 Å². The van der Waals surface area contributed by atoms with E-state index in [1.165, 1.54) is 0 Å². The number of ether oxygens (including phenoxy) is 1. The van der Waals surface area contributed by atoms with E-state index in [0.29, 0.717) is 69.4 Å². The molecule has 1 aliphatic carbocycles. The number of rotatable bonds is 7. The van der Waals surface area contributed by atoms with E-state index in [4.69, 9.17) is 4.74 Å². The molecule has 0 radical (unpaired) electrons. The first kappa shape index (κ1) is 26.9. The SMILES string of the molecule is O=C(c1ccc(-c2ccc(OCC3CCN(CC4(C(F)(F)F)CCCC4)CC3)nc2)cc1)N1CC[C@H](O)C1. The number of likely N-dealkylation sites (tertiary alicyclic amines) is 2. The molecule has 2 aromatic rings. The van der Waals surface area contributed by atoms with Crippen molar-refractivity contribution < 1.29 is 27.8 Å². The smallest absolute Gasteiger partial charge is 0.395 e. The third-order valence-electron chi connectivity index (χ3n) is 8.51. The monoisotopic (exact) mass is 531 g/mol. The summed E-state index contributed by atoms with van der Waals surface area (Å²) < 4.78 is 47.1. The van der Waals surface area contributed by atoms with Gasteiger partial charge in [-0.05, 0) is 74.9 Å². The summed E-state index contributed by atoms with van der Waals surface area (Å²) in [5, 5.41) is 9.67. The van der Waals surface area contributed by atoms with Gasteiger partial charge in [0.15, 0.2) is 0 Å². The zero-order valence-corrected chi connectivity index (χ0v) is 21.6. The van der Waals surface area contributed by atoms with Crippen LogP contribution in [0.5, 0.6) is 5.88 Å². The van der Waals surface area contributed by atoms with Gasteiger partial charge in [-0.2, -0.15) is 13.2 Å². The minimum atomic E-state index is -4.13. The molecule has 1 aromatic heterocycles. The van der Waals surface area contributed by atoms with Crippen LogP contribution in [0.15, 0.2) is 42.6 Å². The second-order valence-electron chi connectivity index (χ2n) is 11.2. The number of β-amino-alcohol motifs (C(OH)–C–C–N with tert-alkyl or cyclic N) is 1. The van der Waals surface area contributed by atoms with E-state index in [0.717, 1.165) is 24.0 Å². The summed E-state index contributed by atoms with van der Waals surface area (Å²) in [6.07, 6.45) is 1.30. The van der Waals surface area contributed by atoms with Crippen LogP contribution in [0.1, 0.15) is 55.3 Å². The Hall–Kier alpha value is -2.65. The second kappa shape index (κ2) is 11.2. The number of benzene rings is 1. The van der Waals surface area contributed by atoms with Crippen LogP contribution in [-0.4, -0.2) is 77.4 Å². The molecule has 1 N–H and O–H groups in total. The maximum absolute atomic E-state index is 13.7. The number of hydrogen-bond donors (Lipinski definition) is 1. The van der Waals surface area contributed by atoms with Gasteiger partial charge in [-0.3, -0.25) is 4.79 Å². The average Bonchev–Trinajstić information content (AvgIpc) is 3.58. The lowest BCUT2D eigenvalue weighted by molar-refractivity contribution is -0.228. The number of amides is 1. The van der Waals surface area contributed by atoms with Gasteiger partial charge in [0.25, 0.3) is 5.91 Å². The summed E-state index contributed by atoms with van der Waals surface area (Å²) in [5.74, 6) is 0.761. The summed E-state index contributed by atoms with van der Waals surface area (Å²) in [5.41, 5.74) is 0.925. The van der Waals surface area contributed by atoms with E-state index in [2.05, 4.69) is 4.98 Å². The molecule has 1 amide bonds. The van der Waals surface area contributed by atoms with Crippen molar-refractivity contribution >= 4 is 5.91 Å². The molecular weight excluding hydrogens is 495 g/mol. The highest BCUT2D eigenvalue weighted by molar-refractivity contribution is 5.95. The normalized spacial score (nSPS) is 22.6. The maximum atomic E-state index is 13.7. The molecular formula is C29H36F3N3O3. The summed E-state index contributed by atoms with van der Waals surface area (Å²) >= 11 is 0. The Morgan fingerprint density at radius 3 is 2.26 bits per heavy atom. The van der Waals surface area contributed by atoms with Gasteiger partial charge in [0.05, 0.1) is 18.1 Å². The van der Waals surface area contributed by atoms with Gasteiger partial charge in [-0.1, -0.05) is 25.0 Å². The molecule has 3 fully saturated rings. The molecule has 9 heteroatoms. The lowest BCUT2D eigenvalue weighted by atomic mass is 9.83. The Morgan fingerprint density at radius 2 is 1.68 bits per heavy atom. The molecule has 2 saturated heterocycles. The Labute approximate surface area is 221 Å². The molecule has 0 bridgehead atoms. The number of nitrogens with zero attached hydrogens (tertiary/aromatic N) is 3. The van der Waals surface area contributed by atoms with Crippen LogP contribution in [0.4, 0.5) is 13.2 Å². The second-order valence-corrected chi connectivity index (χ2v) is 11.2. The number of hydrogen-bond acceptors (Lipinski definition) is 5. The van der Waals surface area contributed by atoms with E-state index in [-0.39, 0.29) is 25.3 Å². The molecule has 3 heterocycles. The molecule has 1 saturated carbocycles. The third-order valence-corrected chi connectivity index (χ3v) is 8.51. The minimum Gasteiger partial charge on any atom is -0.477 e. The number of halogens is 3. The van der Waals surface area contributed by atoms with E-state index in [1.54, 1.807) is 23.2 Å². The number of alkyl halides is 3. The van der Waals surface area contributed by atoms with Gasteiger partial charge >= 0.3 is 6.18 Å². The molecule has 6 nitrogen and oxygen atoms in total. The Balaban J connectivity index is 1.08. The Kier molecular flexibility index (Phi) is 7.95. The van der Waals surface area contributed by atoms with Gasteiger partial charge in [0, 0.05) is 43.0 Å². The van der Waals surface area contributed by atoms with E-state index < -0.39 is 17.7 Å². The topological polar surface area (TPSA) is 65.9 Å². The number of piperidine rings is 1. The van der Waals surface area contributed by atoms with Crippen molar-refractivity contribution in [3.63, 3.8) is 0 Å². The fourth-order valence-corrected chi connectivity index (χ4v) is 6.08. The predicted octanol–water partition coefficient (Wildman–Crippen LogP) is 5.17. The van der Waals surface area contributed by atoms with Crippen LogP contribution in [-0.2, 0) is 0 Å². The number of carbonyl (C=O) groups excluding carboxylic acids is 1. The molecule has 0 unspecified atom stereocenters. The summed E-state index contributed by atoms with van der Waals surface area (Å²) in [4.78, 5) is 20.7. The predicted molar refractivity (Wildman–Crippen MR) is 138 cm³/mol. The zero-order chi connectivity index (χ0) is 26.8. The third kappa shape index (κ3) is 5.99. The lowest BCUT2D eigenvalue weighted by Gasteiger charge is -2.40. The lowest BCUT2D eigenvalue weighted by Crippen LogP contribution is -2.48. The Bertz CT molecular complexity index is 1080. The zero-order valence-electron chi connectivity index (χ0n) is 21.6. The van der Waals surface area contributed by atoms with Gasteiger partial charge in [-0.15, -0.1) is 0 Å². The fourth-order valence-electron chi connectivity index (χ4n) is 6.08. The number of carbonyl (C=O) groups is 1. The Morgan fingerprint density at radius 1 is 1.00 bits per heavy atom. The van der Waals surface area contributed by atoms with E-state index >= 15 is 0 Å². The van der Waals surface area contributed by atoms with Crippen molar-refractivity contribution in [3.8, 4) is 17.0 Å². The van der Waals surface area contributed by atoms with Crippen LogP contribution in [0.2, 0.25) is 0 Å². The molecule has 1 atom stereocenters. The molecule has 5 rings (SSSR count). The summed E-state index contributed by atoms with van der Waals surface area (Å²) in [6, 6.07) is 11.1. The van der Waals surface area contributed by atoms with E-state index in [1.807, 2.05) is 29.2 Å². The van der Waals surface area contributed by atoms with Crippen molar-refractivity contribution in [3.05, 3.63) is 48.2 Å². The first-order valence-corrected chi connectivity index (χ1v) is 13.7. The number of aliphatic hydroxyl groups excluding tert-OH is 1. The van der Waals surface area contributed by atoms with Crippen LogP contribution >= 0.6 is 0 Å². The van der Waals surface area contributed by atoms with Gasteiger partial charge in [0.2, 0.25) is 5.88 Å². The summed E-state index contributed by atoms with van der Waals surface area (Å²) in [6.45, 7) is 2.94. The van der Waals surface area contributed by atoms with Crippen molar-refractivity contribution in [2.45, 2.75) is 57.2 Å². The van der Waals surface area contributed by atoms with Crippen LogP contribution in [0.25, 0.3) is 11.1 Å². The average molecular weight is 532 g/mol. The van der Waals surface area contributed by atoms with Crippen LogP contribution < -0.4 is 4.74 Å². The highest BCUT2D eigenvalue weighted by Gasteiger charge is 2.56. The standard InChI is InChI=1S/C29H36F3N3O3/c30-29(31,32)28(12-1-2-13-28)20-34-14-9-21(10-15-34)19-38-26-8-7-24(17-33-26)22-3-5-23(6-4-22)27(37)35-16-11-25(36)18-35/h3-8,17,21,25,36H,1-2,9-16,18-20H2/t25-/m0/s1. The minimum absolute atomic E-state index is 0.0702. The molecule has 3 aliphatic rings. The van der Waals surface area contributed by atoms with Crippen molar-refractivity contribution in [1.82, 2.24) is 14.8 Å². The largest absolute Gasteiger partial charge is 0.477 e. The highest BCUT2D eigenvalue weighted by atomic mass is 19.4. The number of pyridine rings is 1. The summed E-state index contributed by atoms with van der Waals surface area (Å²) in [7, 11) is 0. The van der Waals surface area contributed by atoms with Crippen molar-refractivity contribution in [2.75, 3.05) is 39.3 Å². The first-order chi connectivity index (χ1) is 18.2. The number of aliphatic hydroxyl groups is 1. The van der Waals surface area contributed by atoms with Crippen LogP contribution in [0.3, 0.4) is 0 Å². The van der Waals surface area contributed by atoms with E-state index in [9.17, 15) is 23.1 Å². The van der Waals surface area contributed by atoms with Gasteiger partial charge < -0.3 is 19.6 Å². The molecule has 0 spiro atoms. The number of aromatic nitrogens is 1. The molecule has 206 valence electrons. The quantitative estimate of drug-likeness (QED) is 0.534. The molecule has 2 aliphatic heterocycles. The van der Waals surface area contributed by atoms with Gasteiger partial charge in [-0.25, -0.2) is 4.98 Å². The highest BCUT2D eigenvalue weighted by Crippen LogP contribution is 2.51. The molecule has 1 aromatic carbocycles. The van der Waals surface area contributed by atoms with Crippen LogP contribution in [0, 0.1) is 11.3 Å². The maximum Gasteiger partial charge on any atom is 0.395 e. The first-order valence-electron chi connectivity index (χ1n) is 13.7.